The van der Waals surface area contributed by atoms with Crippen LogP contribution < -0.4 is 11.1 Å². The van der Waals surface area contributed by atoms with Gasteiger partial charge >= 0.3 is 0 Å². The molecule has 0 aliphatic rings. The second-order valence-corrected chi connectivity index (χ2v) is 5.20. The minimum Gasteiger partial charge on any atom is -0.348 e. The summed E-state index contributed by atoms with van der Waals surface area (Å²) in [5.41, 5.74) is 8.53. The van der Waals surface area contributed by atoms with E-state index in [4.69, 9.17) is 5.73 Å². The Labute approximate surface area is 123 Å². The van der Waals surface area contributed by atoms with Gasteiger partial charge in [0.1, 0.15) is 0 Å². The maximum absolute atomic E-state index is 12.2. The van der Waals surface area contributed by atoms with Gasteiger partial charge in [0.05, 0.1) is 5.56 Å². The van der Waals surface area contributed by atoms with E-state index in [1.54, 1.807) is 11.8 Å². The highest BCUT2D eigenvalue weighted by Crippen LogP contribution is 2.19. The van der Waals surface area contributed by atoms with Crippen LogP contribution in [0.15, 0.2) is 53.4 Å². The molecule has 0 radical (unpaired) electrons. The summed E-state index contributed by atoms with van der Waals surface area (Å²) < 4.78 is 0. The fourth-order valence-corrected chi connectivity index (χ4v) is 2.63. The molecule has 0 heterocycles. The van der Waals surface area contributed by atoms with Crippen molar-refractivity contribution >= 4 is 17.7 Å². The average molecular weight is 286 g/mol. The number of benzene rings is 2. The molecule has 4 heteroatoms. The van der Waals surface area contributed by atoms with Gasteiger partial charge < -0.3 is 11.1 Å². The van der Waals surface area contributed by atoms with E-state index >= 15 is 0 Å². The van der Waals surface area contributed by atoms with E-state index in [0.717, 1.165) is 16.0 Å². The average Bonchev–Trinajstić information content (AvgIpc) is 2.52. The first-order valence-electron chi connectivity index (χ1n) is 6.44. The van der Waals surface area contributed by atoms with Gasteiger partial charge in [-0.3, -0.25) is 4.79 Å². The highest BCUT2D eigenvalue weighted by atomic mass is 32.2. The van der Waals surface area contributed by atoms with Gasteiger partial charge in [0.2, 0.25) is 0 Å². The fraction of sp³-hybridized carbons (Fsp3) is 0.188. The smallest absolute Gasteiger partial charge is 0.252 e. The predicted molar refractivity (Wildman–Crippen MR) is 83.7 cm³/mol. The first kappa shape index (κ1) is 14.6. The number of rotatable bonds is 5. The predicted octanol–water partition coefficient (Wildman–Crippen LogP) is 2.80. The van der Waals surface area contributed by atoms with Crippen molar-refractivity contribution in [2.24, 2.45) is 5.73 Å². The summed E-state index contributed by atoms with van der Waals surface area (Å²) in [4.78, 5) is 13.2. The number of hydrogen-bond donors (Lipinski definition) is 2. The molecule has 0 saturated heterocycles. The number of thioether (sulfide) groups is 1. The maximum Gasteiger partial charge on any atom is 0.252 e. The van der Waals surface area contributed by atoms with Gasteiger partial charge in [-0.2, -0.15) is 0 Å². The van der Waals surface area contributed by atoms with Crippen LogP contribution in [0.1, 0.15) is 21.5 Å². The zero-order valence-electron chi connectivity index (χ0n) is 11.4. The first-order chi connectivity index (χ1) is 9.76. The lowest BCUT2D eigenvalue weighted by molar-refractivity contribution is 0.0948. The van der Waals surface area contributed by atoms with Crippen LogP contribution in [0.25, 0.3) is 0 Å². The lowest BCUT2D eigenvalue weighted by Crippen LogP contribution is -2.24. The van der Waals surface area contributed by atoms with Crippen molar-refractivity contribution in [2.45, 2.75) is 18.0 Å². The molecule has 3 N–H and O–H groups in total. The highest BCUT2D eigenvalue weighted by molar-refractivity contribution is 7.98. The lowest BCUT2D eigenvalue weighted by Gasteiger charge is -2.11. The van der Waals surface area contributed by atoms with Crippen LogP contribution in [0.2, 0.25) is 0 Å². The molecule has 2 aromatic rings. The summed E-state index contributed by atoms with van der Waals surface area (Å²) in [6, 6.07) is 15.5. The standard InChI is InChI=1S/C16H18N2OS/c1-20-15-9-5-4-8-14(15)16(19)18-11-13-7-3-2-6-12(13)10-17/h2-9H,10-11,17H2,1H3,(H,18,19). The summed E-state index contributed by atoms with van der Waals surface area (Å²) in [5.74, 6) is -0.0539. The summed E-state index contributed by atoms with van der Waals surface area (Å²) in [5, 5.41) is 2.96. The molecule has 104 valence electrons. The molecule has 0 aromatic heterocycles. The topological polar surface area (TPSA) is 55.1 Å². The largest absolute Gasteiger partial charge is 0.348 e. The van der Waals surface area contributed by atoms with Crippen molar-refractivity contribution in [3.8, 4) is 0 Å². The molecule has 1 amide bonds. The molecular weight excluding hydrogens is 268 g/mol. The van der Waals surface area contributed by atoms with Crippen LogP contribution in [0.3, 0.4) is 0 Å². The molecule has 2 rings (SSSR count). The third kappa shape index (κ3) is 3.40. The molecule has 0 bridgehead atoms. The van der Waals surface area contributed by atoms with E-state index in [0.29, 0.717) is 18.7 Å². The van der Waals surface area contributed by atoms with Gasteiger partial charge in [-0.1, -0.05) is 36.4 Å². The number of nitrogens with two attached hydrogens (primary N) is 1. The molecule has 20 heavy (non-hydrogen) atoms. The lowest BCUT2D eigenvalue weighted by atomic mass is 10.1. The van der Waals surface area contributed by atoms with Gasteiger partial charge in [-0.05, 0) is 29.5 Å². The first-order valence-corrected chi connectivity index (χ1v) is 7.66. The van der Waals surface area contributed by atoms with Crippen molar-refractivity contribution in [1.82, 2.24) is 5.32 Å². The van der Waals surface area contributed by atoms with Crippen LogP contribution in [-0.4, -0.2) is 12.2 Å². The minimum absolute atomic E-state index is 0.0539. The van der Waals surface area contributed by atoms with Crippen molar-refractivity contribution < 1.29 is 4.79 Å². The van der Waals surface area contributed by atoms with Crippen LogP contribution >= 0.6 is 11.8 Å². The summed E-state index contributed by atoms with van der Waals surface area (Å²) in [7, 11) is 0. The molecule has 0 saturated carbocycles. The second kappa shape index (κ2) is 7.12. The molecule has 0 aliphatic carbocycles. The van der Waals surface area contributed by atoms with E-state index in [2.05, 4.69) is 5.32 Å². The van der Waals surface area contributed by atoms with E-state index < -0.39 is 0 Å². The van der Waals surface area contributed by atoms with Crippen molar-refractivity contribution in [2.75, 3.05) is 6.26 Å². The third-order valence-corrected chi connectivity index (χ3v) is 3.93. The number of nitrogens with one attached hydrogen (secondary N) is 1. The molecule has 0 atom stereocenters. The van der Waals surface area contributed by atoms with Crippen LogP contribution in [0, 0.1) is 0 Å². The Morgan fingerprint density at radius 2 is 1.75 bits per heavy atom. The van der Waals surface area contributed by atoms with E-state index in [-0.39, 0.29) is 5.91 Å². The molecule has 2 aromatic carbocycles. The van der Waals surface area contributed by atoms with Gasteiger partial charge in [0, 0.05) is 18.0 Å². The zero-order chi connectivity index (χ0) is 14.4. The molecule has 0 aliphatic heterocycles. The Hall–Kier alpha value is -1.78. The van der Waals surface area contributed by atoms with E-state index in [1.807, 2.05) is 54.8 Å². The third-order valence-electron chi connectivity index (χ3n) is 3.13. The molecule has 0 fully saturated rings. The monoisotopic (exact) mass is 286 g/mol. The van der Waals surface area contributed by atoms with Crippen molar-refractivity contribution in [1.29, 1.82) is 0 Å². The van der Waals surface area contributed by atoms with Crippen LogP contribution in [-0.2, 0) is 13.1 Å². The quantitative estimate of drug-likeness (QED) is 0.831. The number of carbonyl (C=O) groups is 1. The van der Waals surface area contributed by atoms with E-state index in [1.165, 1.54) is 0 Å². The Morgan fingerprint density at radius 1 is 1.10 bits per heavy atom. The Bertz CT molecular complexity index is 599. The fourth-order valence-electron chi connectivity index (χ4n) is 2.03. The molecule has 3 nitrogen and oxygen atoms in total. The van der Waals surface area contributed by atoms with Gasteiger partial charge in [0.25, 0.3) is 5.91 Å². The normalized spacial score (nSPS) is 10.3. The summed E-state index contributed by atoms with van der Waals surface area (Å²) in [6.45, 7) is 0.975. The summed E-state index contributed by atoms with van der Waals surface area (Å²) >= 11 is 1.57. The van der Waals surface area contributed by atoms with E-state index in [9.17, 15) is 4.79 Å². The van der Waals surface area contributed by atoms with Crippen molar-refractivity contribution in [3.05, 3.63) is 65.2 Å². The molecular formula is C16H18N2OS. The number of carbonyl (C=O) groups excluding carboxylic acids is 1. The number of hydrogen-bond acceptors (Lipinski definition) is 3. The SMILES string of the molecule is CSc1ccccc1C(=O)NCc1ccccc1CN. The van der Waals surface area contributed by atoms with Crippen LogP contribution in [0.5, 0.6) is 0 Å². The van der Waals surface area contributed by atoms with Crippen LogP contribution in [0.4, 0.5) is 0 Å². The molecule has 0 unspecified atom stereocenters. The molecule has 0 spiro atoms. The Balaban J connectivity index is 2.09. The minimum atomic E-state index is -0.0539. The Morgan fingerprint density at radius 3 is 2.45 bits per heavy atom. The number of amides is 1. The maximum atomic E-state index is 12.2. The van der Waals surface area contributed by atoms with Gasteiger partial charge in [-0.15, -0.1) is 11.8 Å². The van der Waals surface area contributed by atoms with Crippen molar-refractivity contribution in [3.63, 3.8) is 0 Å². The Kier molecular flexibility index (Phi) is 5.21. The zero-order valence-corrected chi connectivity index (χ0v) is 12.2. The highest BCUT2D eigenvalue weighted by Gasteiger charge is 2.10. The van der Waals surface area contributed by atoms with Gasteiger partial charge in [-0.25, -0.2) is 0 Å². The summed E-state index contributed by atoms with van der Waals surface area (Å²) in [6.07, 6.45) is 1.97. The second-order valence-electron chi connectivity index (χ2n) is 4.36. The van der Waals surface area contributed by atoms with Gasteiger partial charge in [0.15, 0.2) is 0 Å².